The molecule has 102 valence electrons. The molecule has 8 nitrogen and oxygen atoms in total. The second-order valence-corrected chi connectivity index (χ2v) is 3.53. The quantitative estimate of drug-likeness (QED) is 0.372. The van der Waals surface area contributed by atoms with Crippen molar-refractivity contribution >= 4 is 23.4 Å². The van der Waals surface area contributed by atoms with E-state index in [1.807, 2.05) is 6.92 Å². The number of nitro groups is 1. The average molecular weight is 266 g/mol. The van der Waals surface area contributed by atoms with E-state index in [0.29, 0.717) is 6.42 Å². The van der Waals surface area contributed by atoms with Crippen LogP contribution in [0.1, 0.15) is 13.3 Å². The summed E-state index contributed by atoms with van der Waals surface area (Å²) in [6, 6.07) is 5.57. The minimum Gasteiger partial charge on any atom is -0.449 e. The summed E-state index contributed by atoms with van der Waals surface area (Å²) < 4.78 is 4.74. The third-order valence-corrected chi connectivity index (χ3v) is 1.96. The van der Waals surface area contributed by atoms with E-state index in [2.05, 4.69) is 10.3 Å². The molecule has 0 saturated heterocycles. The highest BCUT2D eigenvalue weighted by atomic mass is 16.6. The Bertz CT molecular complexity index is 501. The van der Waals surface area contributed by atoms with Gasteiger partial charge < -0.3 is 10.5 Å². The number of benzene rings is 1. The first-order valence-corrected chi connectivity index (χ1v) is 5.55. The van der Waals surface area contributed by atoms with Gasteiger partial charge in [-0.15, -0.1) is 0 Å². The predicted octanol–water partition coefficient (Wildman–Crippen LogP) is 1.68. The Labute approximate surface area is 109 Å². The number of nitrogens with one attached hydrogen (secondary N) is 1. The first-order valence-electron chi connectivity index (χ1n) is 5.55. The van der Waals surface area contributed by atoms with Gasteiger partial charge in [0.25, 0.3) is 5.69 Å². The second-order valence-electron chi connectivity index (χ2n) is 3.53. The van der Waals surface area contributed by atoms with E-state index in [-0.39, 0.29) is 23.9 Å². The molecule has 1 amide bonds. The van der Waals surface area contributed by atoms with Crippen molar-refractivity contribution in [1.82, 2.24) is 5.32 Å². The Morgan fingerprint density at radius 3 is 2.95 bits per heavy atom. The highest BCUT2D eigenvalue weighted by Gasteiger charge is 2.07. The van der Waals surface area contributed by atoms with Gasteiger partial charge in [0.1, 0.15) is 0 Å². The van der Waals surface area contributed by atoms with Crippen LogP contribution in [0.3, 0.4) is 0 Å². The average Bonchev–Trinajstić information content (AvgIpc) is 2.36. The third-order valence-electron chi connectivity index (χ3n) is 1.96. The first-order chi connectivity index (χ1) is 9.02. The zero-order valence-electron chi connectivity index (χ0n) is 10.3. The maximum absolute atomic E-state index is 11.2. The second kappa shape index (κ2) is 6.94. The lowest BCUT2D eigenvalue weighted by Gasteiger charge is -2.04. The maximum Gasteiger partial charge on any atom is 0.413 e. The number of ether oxygens (including phenoxy) is 1. The number of hydrogen-bond donors (Lipinski definition) is 2. The molecular formula is C11H14N4O4. The zero-order chi connectivity index (χ0) is 14.3. The zero-order valence-corrected chi connectivity index (χ0v) is 10.3. The molecule has 1 aromatic rings. The lowest BCUT2D eigenvalue weighted by molar-refractivity contribution is -0.384. The lowest BCUT2D eigenvalue weighted by atomic mass is 10.3. The summed E-state index contributed by atoms with van der Waals surface area (Å²) in [4.78, 5) is 25.0. The molecule has 0 aliphatic heterocycles. The molecule has 0 fully saturated rings. The molecule has 3 N–H and O–H groups in total. The molecule has 0 heterocycles. The molecule has 0 aliphatic carbocycles. The number of hydrogen-bond acceptors (Lipinski definition) is 5. The fourth-order valence-electron chi connectivity index (χ4n) is 1.18. The molecule has 19 heavy (non-hydrogen) atoms. The molecule has 0 aromatic heterocycles. The molecule has 8 heteroatoms. The van der Waals surface area contributed by atoms with Crippen molar-refractivity contribution in [3.63, 3.8) is 0 Å². The minimum absolute atomic E-state index is 0.109. The van der Waals surface area contributed by atoms with Crippen LogP contribution in [0.15, 0.2) is 29.3 Å². The largest absolute Gasteiger partial charge is 0.449 e. The number of nitrogens with two attached hydrogens (primary N) is 1. The van der Waals surface area contributed by atoms with E-state index >= 15 is 0 Å². The summed E-state index contributed by atoms with van der Waals surface area (Å²) in [5.74, 6) is -0.193. The molecule has 1 rings (SSSR count). The number of aliphatic imine (C=N–C) groups is 1. The van der Waals surface area contributed by atoms with Gasteiger partial charge in [0.15, 0.2) is 0 Å². The molecule has 0 saturated carbocycles. The number of carbonyl (C=O) groups excluding carboxylic acids is 1. The number of guanidine groups is 1. The van der Waals surface area contributed by atoms with E-state index in [9.17, 15) is 14.9 Å². The van der Waals surface area contributed by atoms with Crippen LogP contribution in [0, 0.1) is 10.1 Å². The van der Waals surface area contributed by atoms with E-state index in [1.54, 1.807) is 0 Å². The minimum atomic E-state index is -0.714. The predicted molar refractivity (Wildman–Crippen MR) is 69.2 cm³/mol. The van der Waals surface area contributed by atoms with Crippen LogP contribution in [0.4, 0.5) is 16.2 Å². The van der Waals surface area contributed by atoms with E-state index in [0.717, 1.165) is 0 Å². The number of nitro benzene ring substituents is 1. The summed E-state index contributed by atoms with van der Waals surface area (Å²) in [6.07, 6.45) is -0.0245. The summed E-state index contributed by atoms with van der Waals surface area (Å²) in [7, 11) is 0. The Hall–Kier alpha value is -2.64. The van der Waals surface area contributed by atoms with Crippen molar-refractivity contribution in [3.8, 4) is 0 Å². The van der Waals surface area contributed by atoms with Crippen molar-refractivity contribution in [1.29, 1.82) is 0 Å². The van der Waals surface area contributed by atoms with Crippen LogP contribution in [0.2, 0.25) is 0 Å². The molecule has 0 spiro atoms. The number of carbonyl (C=O) groups is 1. The van der Waals surface area contributed by atoms with Gasteiger partial charge in [0, 0.05) is 12.1 Å². The van der Waals surface area contributed by atoms with Crippen LogP contribution in [-0.4, -0.2) is 23.6 Å². The Kier molecular flexibility index (Phi) is 5.27. The number of non-ortho nitro benzene ring substituents is 1. The van der Waals surface area contributed by atoms with E-state index in [4.69, 9.17) is 10.5 Å². The van der Waals surface area contributed by atoms with Crippen LogP contribution in [-0.2, 0) is 4.74 Å². The van der Waals surface area contributed by atoms with Gasteiger partial charge in [0.05, 0.1) is 17.2 Å². The Balaban J connectivity index is 2.70. The molecule has 0 bridgehead atoms. The van der Waals surface area contributed by atoms with Gasteiger partial charge in [-0.3, -0.25) is 15.4 Å². The SMILES string of the molecule is CCCOC(=O)NC(N)=Nc1cccc([N+](=O)[O-])c1. The van der Waals surface area contributed by atoms with Crippen molar-refractivity contribution in [2.45, 2.75) is 13.3 Å². The Morgan fingerprint density at radius 1 is 1.58 bits per heavy atom. The summed E-state index contributed by atoms with van der Waals surface area (Å²) in [5, 5.41) is 12.8. The van der Waals surface area contributed by atoms with E-state index in [1.165, 1.54) is 24.3 Å². The maximum atomic E-state index is 11.2. The van der Waals surface area contributed by atoms with Gasteiger partial charge in [-0.25, -0.2) is 9.79 Å². The van der Waals surface area contributed by atoms with Crippen molar-refractivity contribution < 1.29 is 14.5 Å². The van der Waals surface area contributed by atoms with Gasteiger partial charge in [-0.2, -0.15) is 0 Å². The Morgan fingerprint density at radius 2 is 2.32 bits per heavy atom. The molecule has 0 aliphatic rings. The number of nitrogens with zero attached hydrogens (tertiary/aromatic N) is 2. The fraction of sp³-hybridized carbons (Fsp3) is 0.273. The van der Waals surface area contributed by atoms with Gasteiger partial charge in [-0.05, 0) is 12.5 Å². The van der Waals surface area contributed by atoms with Gasteiger partial charge in [-0.1, -0.05) is 13.0 Å². The smallest absolute Gasteiger partial charge is 0.413 e. The van der Waals surface area contributed by atoms with Crippen LogP contribution >= 0.6 is 0 Å². The van der Waals surface area contributed by atoms with Gasteiger partial charge >= 0.3 is 6.09 Å². The standard InChI is InChI=1S/C11H14N4O4/c1-2-6-19-11(16)14-10(12)13-8-4-3-5-9(7-8)15(17)18/h3-5,7H,2,6H2,1H3,(H3,12,13,14,16). The molecule has 0 atom stereocenters. The monoisotopic (exact) mass is 266 g/mol. The van der Waals surface area contributed by atoms with Crippen LogP contribution in [0.5, 0.6) is 0 Å². The summed E-state index contributed by atoms with van der Waals surface area (Å²) >= 11 is 0. The number of amides is 1. The number of alkyl carbamates (subject to hydrolysis) is 1. The third kappa shape index (κ3) is 5.02. The first kappa shape index (κ1) is 14.4. The summed E-state index contributed by atoms with van der Waals surface area (Å²) in [6.45, 7) is 2.13. The van der Waals surface area contributed by atoms with Crippen LogP contribution < -0.4 is 11.1 Å². The van der Waals surface area contributed by atoms with Crippen molar-refractivity contribution in [2.75, 3.05) is 6.61 Å². The van der Waals surface area contributed by atoms with Crippen molar-refractivity contribution in [3.05, 3.63) is 34.4 Å². The lowest BCUT2D eigenvalue weighted by Crippen LogP contribution is -2.37. The fourth-order valence-corrected chi connectivity index (χ4v) is 1.18. The topological polar surface area (TPSA) is 120 Å². The van der Waals surface area contributed by atoms with E-state index < -0.39 is 11.0 Å². The number of rotatable bonds is 4. The molecular weight excluding hydrogens is 252 g/mol. The molecule has 1 aromatic carbocycles. The molecule has 0 unspecified atom stereocenters. The normalized spacial score (nSPS) is 10.9. The van der Waals surface area contributed by atoms with Crippen LogP contribution in [0.25, 0.3) is 0 Å². The van der Waals surface area contributed by atoms with Gasteiger partial charge in [0.2, 0.25) is 5.96 Å². The highest BCUT2D eigenvalue weighted by molar-refractivity contribution is 5.94. The van der Waals surface area contributed by atoms with Crippen molar-refractivity contribution in [2.24, 2.45) is 10.7 Å². The highest BCUT2D eigenvalue weighted by Crippen LogP contribution is 2.19. The molecule has 0 radical (unpaired) electrons. The summed E-state index contributed by atoms with van der Waals surface area (Å²) in [5.41, 5.74) is 5.63.